The molecule has 14 nitrogen and oxygen atoms in total. The Labute approximate surface area is 468 Å². The number of anilines is 2. The molecule has 424 valence electrons. The van der Waals surface area contributed by atoms with Gasteiger partial charge in [-0.05, 0) is 156 Å². The number of rotatable bonds is 18. The third-order valence-corrected chi connectivity index (χ3v) is 19.3. The van der Waals surface area contributed by atoms with Crippen LogP contribution in [0.2, 0.25) is 5.02 Å². The van der Waals surface area contributed by atoms with Gasteiger partial charge in [-0.2, -0.15) is 13.2 Å². The molecule has 0 spiro atoms. The summed E-state index contributed by atoms with van der Waals surface area (Å²) in [5, 5.41) is 3.72. The van der Waals surface area contributed by atoms with Crippen LogP contribution in [0.15, 0.2) is 117 Å². The lowest BCUT2D eigenvalue weighted by Crippen LogP contribution is -2.52. The Bertz CT molecular complexity index is 2960. The number of nitrogens with zero attached hydrogens (tertiary/aromatic N) is 5. The highest BCUT2D eigenvalue weighted by Crippen LogP contribution is 2.44. The van der Waals surface area contributed by atoms with Crippen LogP contribution < -0.4 is 14.9 Å². The summed E-state index contributed by atoms with van der Waals surface area (Å²) >= 11 is 7.79. The third-order valence-electron chi connectivity index (χ3n) is 15.0. The number of amides is 2. The van der Waals surface area contributed by atoms with Gasteiger partial charge in [0.2, 0.25) is 0 Å². The van der Waals surface area contributed by atoms with Crippen molar-refractivity contribution in [3.8, 4) is 0 Å². The number of carbonyl (C=O) groups excluding carboxylic acids is 2. The minimum Gasteiger partial charge on any atom is -0.444 e. The van der Waals surface area contributed by atoms with Crippen molar-refractivity contribution in [3.63, 3.8) is 0 Å². The van der Waals surface area contributed by atoms with Gasteiger partial charge in [-0.25, -0.2) is 26.4 Å². The van der Waals surface area contributed by atoms with Crippen LogP contribution in [0.4, 0.5) is 29.3 Å². The Kier molecular flexibility index (Phi) is 19.2. The van der Waals surface area contributed by atoms with Crippen molar-refractivity contribution in [3.05, 3.63) is 119 Å². The second kappa shape index (κ2) is 25.3. The number of thioether (sulfide) groups is 1. The lowest BCUT2D eigenvalue weighted by atomic mass is 9.71. The number of hydrogen-bond acceptors (Lipinski definition) is 13. The predicted molar refractivity (Wildman–Crippen MR) is 303 cm³/mol. The van der Waals surface area contributed by atoms with E-state index in [0.29, 0.717) is 56.0 Å². The Morgan fingerprint density at radius 3 is 2.08 bits per heavy atom. The van der Waals surface area contributed by atoms with Gasteiger partial charge in [0.15, 0.2) is 0 Å². The Balaban J connectivity index is 0.900. The molecular formula is C57H73ClF3N7O7S3. The first-order valence-corrected chi connectivity index (χ1v) is 31.2. The fourth-order valence-corrected chi connectivity index (χ4v) is 14.0. The smallest absolute Gasteiger partial charge is 0.444 e. The van der Waals surface area contributed by atoms with E-state index in [4.69, 9.17) is 16.3 Å². The molecule has 0 radical (unpaired) electrons. The van der Waals surface area contributed by atoms with Crippen molar-refractivity contribution in [1.29, 1.82) is 0 Å². The Morgan fingerprint density at radius 2 is 1.44 bits per heavy atom. The summed E-state index contributed by atoms with van der Waals surface area (Å²) in [5.74, 6) is -0.641. The van der Waals surface area contributed by atoms with Gasteiger partial charge in [-0.1, -0.05) is 60.9 Å². The molecule has 8 rings (SSSR count). The normalized spacial score (nSPS) is 20.1. The molecule has 0 bridgehead atoms. The summed E-state index contributed by atoms with van der Waals surface area (Å²) in [7, 11) is -10.9. The van der Waals surface area contributed by atoms with E-state index in [9.17, 15) is 39.6 Å². The highest BCUT2D eigenvalue weighted by Gasteiger charge is 2.49. The lowest BCUT2D eigenvalue weighted by Gasteiger charge is -2.44. The number of piperidine rings is 1. The molecule has 2 amide bonds. The van der Waals surface area contributed by atoms with Gasteiger partial charge in [-0.3, -0.25) is 14.6 Å². The number of allylic oxidation sites excluding steroid dienone is 1. The minimum atomic E-state index is -6.06. The van der Waals surface area contributed by atoms with Crippen LogP contribution in [0.1, 0.15) is 88.6 Å². The molecule has 3 aliphatic heterocycles. The summed E-state index contributed by atoms with van der Waals surface area (Å²) in [6.07, 6.45) is 6.32. The molecule has 2 unspecified atom stereocenters. The molecule has 78 heavy (non-hydrogen) atoms. The van der Waals surface area contributed by atoms with Gasteiger partial charge >= 0.3 is 11.6 Å². The molecule has 3 heterocycles. The second-order valence-corrected chi connectivity index (χ2v) is 27.4. The molecule has 3 fully saturated rings. The van der Waals surface area contributed by atoms with Crippen LogP contribution in [0.25, 0.3) is 5.57 Å². The maximum absolute atomic E-state index is 14.3. The molecule has 21 heteroatoms. The van der Waals surface area contributed by atoms with E-state index in [-0.39, 0.29) is 22.8 Å². The Morgan fingerprint density at radius 1 is 0.782 bits per heavy atom. The Hall–Kier alpha value is -4.83. The van der Waals surface area contributed by atoms with Crippen molar-refractivity contribution in [1.82, 2.24) is 24.3 Å². The standard InChI is InChI=1S/C57H73ClF3N7O7S3/c1-55(2,3)75-54(70)68-35-31-66(32-36-68)41-56(4)25-23-50(42-13-17-45(58)18-14-42)44(38-56)39-65-29-33-67(34-30-65)47-19-15-43(16-20-47)53(69)63-78(73,74)49-21-22-51(52(37-49)77(71,72)57(59,60)61)62-46(24-28-64-26-9-6-10-27-64)40-76-48-11-7-5-8-12-48/h5,7-8,11-22,37,46,62H,6,9-10,23-36,38-41H2,1-4H3,(H,63,69). The monoisotopic (exact) mass is 1160 g/mol. The van der Waals surface area contributed by atoms with Crippen LogP contribution in [0.3, 0.4) is 0 Å². The zero-order valence-electron chi connectivity index (χ0n) is 45.0. The molecular weight excluding hydrogens is 1080 g/mol. The van der Waals surface area contributed by atoms with Crippen LogP contribution in [-0.4, -0.2) is 156 Å². The average molecular weight is 1160 g/mol. The first-order valence-electron chi connectivity index (χ1n) is 26.9. The largest absolute Gasteiger partial charge is 0.501 e. The zero-order valence-corrected chi connectivity index (χ0v) is 48.2. The van der Waals surface area contributed by atoms with E-state index in [1.165, 1.54) is 40.6 Å². The van der Waals surface area contributed by atoms with Crippen LogP contribution >= 0.6 is 23.4 Å². The molecule has 4 aromatic rings. The summed E-state index contributed by atoms with van der Waals surface area (Å²) in [6.45, 7) is 17.9. The number of benzene rings is 4. The molecule has 2 atom stereocenters. The van der Waals surface area contributed by atoms with Crippen molar-refractivity contribution in [2.75, 3.05) is 101 Å². The SMILES string of the molecule is CC1(CN2CCN(C(=O)OC(C)(C)C)CC2)CCC(c2ccc(Cl)cc2)=C(CN2CCN(c3ccc(C(=O)NS(=O)(=O)c4ccc(NC(CCN5CCCCC5)CSc5ccccc5)c(S(=O)(=O)C(F)(F)F)c4)cc3)CC2)C1. The number of alkyl halides is 3. The fourth-order valence-electron chi connectivity index (χ4n) is 10.8. The number of nitrogens with one attached hydrogen (secondary N) is 2. The number of sulfonamides is 1. The maximum Gasteiger partial charge on any atom is 0.501 e. The highest BCUT2D eigenvalue weighted by molar-refractivity contribution is 7.99. The van der Waals surface area contributed by atoms with Gasteiger partial charge in [0.1, 0.15) is 10.5 Å². The van der Waals surface area contributed by atoms with Crippen molar-refractivity contribution in [2.45, 2.75) is 104 Å². The molecule has 2 N–H and O–H groups in total. The molecule has 3 saturated heterocycles. The summed E-state index contributed by atoms with van der Waals surface area (Å²) in [6, 6.07) is 25.9. The summed E-state index contributed by atoms with van der Waals surface area (Å²) < 4.78 is 104. The number of sulfone groups is 1. The zero-order chi connectivity index (χ0) is 55.9. The van der Waals surface area contributed by atoms with Crippen molar-refractivity contribution >= 4 is 72.2 Å². The highest BCUT2D eigenvalue weighted by atomic mass is 35.5. The van der Waals surface area contributed by atoms with E-state index in [1.54, 1.807) is 17.0 Å². The number of hydrogen-bond donors (Lipinski definition) is 2. The maximum atomic E-state index is 14.3. The van der Waals surface area contributed by atoms with E-state index < -0.39 is 52.7 Å². The van der Waals surface area contributed by atoms with Crippen LogP contribution in [0.5, 0.6) is 0 Å². The third kappa shape index (κ3) is 15.7. The number of carbonyl (C=O) groups is 2. The van der Waals surface area contributed by atoms with Crippen molar-refractivity contribution < 1.29 is 44.3 Å². The fraction of sp³-hybridized carbons (Fsp3) is 0.509. The summed E-state index contributed by atoms with van der Waals surface area (Å²) in [4.78, 5) is 36.4. The van der Waals surface area contributed by atoms with Gasteiger partial charge < -0.3 is 24.8 Å². The first kappa shape index (κ1) is 59.3. The first-order chi connectivity index (χ1) is 36.9. The molecule has 4 aliphatic rings. The van der Waals surface area contributed by atoms with Crippen LogP contribution in [0, 0.1) is 5.41 Å². The van der Waals surface area contributed by atoms with Crippen LogP contribution in [-0.2, 0) is 24.6 Å². The number of halogens is 4. The number of ether oxygens (including phenoxy) is 1. The lowest BCUT2D eigenvalue weighted by molar-refractivity contribution is -0.0436. The van der Waals surface area contributed by atoms with E-state index in [1.807, 2.05) is 68.0 Å². The minimum absolute atomic E-state index is 0.0122. The van der Waals surface area contributed by atoms with Crippen molar-refractivity contribution in [2.24, 2.45) is 5.41 Å². The topological polar surface area (TPSA) is 152 Å². The van der Waals surface area contributed by atoms with Gasteiger partial charge in [0, 0.05) is 105 Å². The number of piperazine rings is 2. The molecule has 0 aromatic heterocycles. The average Bonchev–Trinajstić information content (AvgIpc) is 3.42. The molecule has 1 aliphatic carbocycles. The van der Waals surface area contributed by atoms with Gasteiger partial charge in [0.25, 0.3) is 25.8 Å². The quantitative estimate of drug-likeness (QED) is 0.0910. The van der Waals surface area contributed by atoms with E-state index in [2.05, 4.69) is 44.0 Å². The molecule has 4 aromatic carbocycles. The number of likely N-dealkylation sites (tertiary alicyclic amines) is 1. The summed E-state index contributed by atoms with van der Waals surface area (Å²) in [5.41, 5.74) is -1.88. The second-order valence-electron chi connectivity index (χ2n) is 22.3. The van der Waals surface area contributed by atoms with Gasteiger partial charge in [-0.15, -0.1) is 11.8 Å². The van der Waals surface area contributed by atoms with Gasteiger partial charge in [0.05, 0.1) is 10.6 Å². The van der Waals surface area contributed by atoms with E-state index >= 15 is 0 Å². The predicted octanol–water partition coefficient (Wildman–Crippen LogP) is 10.5. The molecule has 0 saturated carbocycles. The van der Waals surface area contributed by atoms with E-state index in [0.717, 1.165) is 114 Å².